The van der Waals surface area contributed by atoms with Gasteiger partial charge in [-0.25, -0.2) is 0 Å². The van der Waals surface area contributed by atoms with E-state index < -0.39 is 11.4 Å². The Kier molecular flexibility index (Phi) is 2.82. The second-order valence-corrected chi connectivity index (χ2v) is 3.08. The lowest BCUT2D eigenvalue weighted by Crippen LogP contribution is -2.20. The Hall–Kier alpha value is 0.0700. The average molecular weight is 164 g/mol. The third-order valence-electron chi connectivity index (χ3n) is 1.62. The van der Waals surface area contributed by atoms with E-state index in [0.29, 0.717) is 0 Å². The Labute approximate surface area is 63.6 Å². The number of rotatable bonds is 2. The largest absolute Gasteiger partial charge is 0.305 e. The molecular formula is C6H12O3S. The highest BCUT2D eigenvalue weighted by atomic mass is 32.2. The van der Waals surface area contributed by atoms with Crippen LogP contribution < -0.4 is 0 Å². The van der Waals surface area contributed by atoms with Crippen molar-refractivity contribution in [2.24, 2.45) is 0 Å². The van der Waals surface area contributed by atoms with Crippen LogP contribution in [0, 0.1) is 0 Å². The highest BCUT2D eigenvalue weighted by molar-refractivity contribution is 7.75. The molecule has 0 spiro atoms. The first-order valence-corrected chi connectivity index (χ1v) is 4.54. The fraction of sp³-hybridized carbons (Fsp3) is 1.00. The third kappa shape index (κ3) is 1.56. The maximum absolute atomic E-state index is 10.6. The Balaban J connectivity index is 2.48. The van der Waals surface area contributed by atoms with Crippen molar-refractivity contribution < 1.29 is 12.6 Å². The highest BCUT2D eigenvalue weighted by Gasteiger charge is 2.31. The Morgan fingerprint density at radius 1 is 1.20 bits per heavy atom. The van der Waals surface area contributed by atoms with Crippen LogP contribution >= 0.6 is 0 Å². The van der Waals surface area contributed by atoms with Gasteiger partial charge in [-0.15, -0.1) is 0 Å². The van der Waals surface area contributed by atoms with Gasteiger partial charge in [-0.3, -0.25) is 8.37 Å². The summed E-state index contributed by atoms with van der Waals surface area (Å²) < 4.78 is 20.6. The van der Waals surface area contributed by atoms with Gasteiger partial charge in [0.05, 0.1) is 0 Å². The molecule has 1 heterocycles. The Morgan fingerprint density at radius 3 is 1.90 bits per heavy atom. The molecule has 3 nitrogen and oxygen atoms in total. The Bertz CT molecular complexity index is 123. The van der Waals surface area contributed by atoms with Crippen LogP contribution in [-0.2, 0) is 19.7 Å². The van der Waals surface area contributed by atoms with Crippen molar-refractivity contribution in [3.63, 3.8) is 0 Å². The molecule has 1 rings (SSSR count). The van der Waals surface area contributed by atoms with Gasteiger partial charge in [-0.1, -0.05) is 13.8 Å². The van der Waals surface area contributed by atoms with E-state index in [1.54, 1.807) is 0 Å². The summed E-state index contributed by atoms with van der Waals surface area (Å²) in [7, 11) is 0. The van der Waals surface area contributed by atoms with E-state index >= 15 is 0 Å². The smallest absolute Gasteiger partial charge is 0.262 e. The molecule has 1 fully saturated rings. The average Bonchev–Trinajstić information content (AvgIpc) is 2.30. The van der Waals surface area contributed by atoms with Gasteiger partial charge in [-0.05, 0) is 12.8 Å². The Morgan fingerprint density at radius 2 is 1.60 bits per heavy atom. The molecule has 4 heteroatoms. The molecule has 0 aromatic rings. The molecule has 60 valence electrons. The first kappa shape index (κ1) is 8.17. The SMILES string of the molecule is CC[C@H]1OS(=O)O[C@@H]1CC. The van der Waals surface area contributed by atoms with Crippen molar-refractivity contribution in [1.29, 1.82) is 0 Å². The van der Waals surface area contributed by atoms with Crippen LogP contribution in [-0.4, -0.2) is 16.4 Å². The summed E-state index contributed by atoms with van der Waals surface area (Å²) in [5.74, 6) is 0. The van der Waals surface area contributed by atoms with Crippen molar-refractivity contribution in [2.75, 3.05) is 0 Å². The zero-order valence-electron chi connectivity index (χ0n) is 6.20. The molecule has 0 saturated carbocycles. The topological polar surface area (TPSA) is 35.5 Å². The summed E-state index contributed by atoms with van der Waals surface area (Å²) in [5.41, 5.74) is 0. The maximum atomic E-state index is 10.6. The lowest BCUT2D eigenvalue weighted by Gasteiger charge is -2.08. The van der Waals surface area contributed by atoms with Crippen molar-refractivity contribution in [3.8, 4) is 0 Å². The number of hydrogen-bond donors (Lipinski definition) is 0. The van der Waals surface area contributed by atoms with Gasteiger partial charge >= 0.3 is 11.4 Å². The number of hydrogen-bond acceptors (Lipinski definition) is 3. The predicted octanol–water partition coefficient (Wildman–Crippen LogP) is 1.17. The van der Waals surface area contributed by atoms with Crippen molar-refractivity contribution in [3.05, 3.63) is 0 Å². The van der Waals surface area contributed by atoms with Crippen molar-refractivity contribution in [1.82, 2.24) is 0 Å². The maximum Gasteiger partial charge on any atom is 0.305 e. The van der Waals surface area contributed by atoms with E-state index in [1.807, 2.05) is 13.8 Å². The van der Waals surface area contributed by atoms with Crippen LogP contribution in [0.1, 0.15) is 26.7 Å². The molecule has 0 aromatic carbocycles. The monoisotopic (exact) mass is 164 g/mol. The lowest BCUT2D eigenvalue weighted by molar-refractivity contribution is 0.148. The second-order valence-electron chi connectivity index (χ2n) is 2.29. The first-order valence-electron chi connectivity index (χ1n) is 3.54. The van der Waals surface area contributed by atoms with Crippen LogP contribution in [0.5, 0.6) is 0 Å². The molecule has 10 heavy (non-hydrogen) atoms. The van der Waals surface area contributed by atoms with E-state index in [4.69, 9.17) is 8.37 Å². The van der Waals surface area contributed by atoms with Crippen LogP contribution in [0.25, 0.3) is 0 Å². The molecule has 1 aliphatic heterocycles. The van der Waals surface area contributed by atoms with Gasteiger partial charge in [0.15, 0.2) is 0 Å². The summed E-state index contributed by atoms with van der Waals surface area (Å²) in [5, 5.41) is 0. The van der Waals surface area contributed by atoms with E-state index in [0.717, 1.165) is 12.8 Å². The molecule has 1 aliphatic rings. The van der Waals surface area contributed by atoms with Crippen molar-refractivity contribution in [2.45, 2.75) is 38.9 Å². The minimum atomic E-state index is -1.48. The summed E-state index contributed by atoms with van der Waals surface area (Å²) in [4.78, 5) is 0. The molecule has 0 aromatic heterocycles. The molecule has 2 atom stereocenters. The van der Waals surface area contributed by atoms with E-state index in [1.165, 1.54) is 0 Å². The van der Waals surface area contributed by atoms with Gasteiger partial charge in [0.2, 0.25) is 0 Å². The normalized spacial score (nSPS) is 35.0. The molecule has 1 saturated heterocycles. The standard InChI is InChI=1S/C6H12O3S/c1-3-5-6(4-2)9-10(7)8-5/h5-6H,3-4H2,1-2H3/t5-,6-/m1/s1. The van der Waals surface area contributed by atoms with Gasteiger partial charge in [0.25, 0.3) is 0 Å². The minimum Gasteiger partial charge on any atom is -0.262 e. The zero-order valence-corrected chi connectivity index (χ0v) is 7.02. The van der Waals surface area contributed by atoms with Gasteiger partial charge in [0, 0.05) is 0 Å². The van der Waals surface area contributed by atoms with Crippen LogP contribution in [0.2, 0.25) is 0 Å². The lowest BCUT2D eigenvalue weighted by atomic mass is 10.1. The first-order chi connectivity index (χ1) is 4.77. The fourth-order valence-electron chi connectivity index (χ4n) is 1.01. The quantitative estimate of drug-likeness (QED) is 0.614. The van der Waals surface area contributed by atoms with E-state index in [-0.39, 0.29) is 12.2 Å². The molecule has 0 bridgehead atoms. The second kappa shape index (κ2) is 3.46. The van der Waals surface area contributed by atoms with Gasteiger partial charge in [-0.2, -0.15) is 4.21 Å². The van der Waals surface area contributed by atoms with Crippen molar-refractivity contribution >= 4 is 11.4 Å². The zero-order chi connectivity index (χ0) is 7.56. The predicted molar refractivity (Wildman–Crippen MR) is 38.5 cm³/mol. The molecular weight excluding hydrogens is 152 g/mol. The van der Waals surface area contributed by atoms with Gasteiger partial charge < -0.3 is 0 Å². The molecule has 0 aliphatic carbocycles. The summed E-state index contributed by atoms with van der Waals surface area (Å²) in [6.07, 6.45) is 1.80. The summed E-state index contributed by atoms with van der Waals surface area (Å²) >= 11 is -1.48. The van der Waals surface area contributed by atoms with Crippen LogP contribution in [0.4, 0.5) is 0 Å². The van der Waals surface area contributed by atoms with Crippen LogP contribution in [0.15, 0.2) is 0 Å². The fourth-order valence-corrected chi connectivity index (χ4v) is 1.98. The van der Waals surface area contributed by atoms with E-state index in [2.05, 4.69) is 0 Å². The molecule has 0 N–H and O–H groups in total. The molecule has 0 unspecified atom stereocenters. The molecule has 0 amide bonds. The minimum absolute atomic E-state index is 0.0332. The highest BCUT2D eigenvalue weighted by Crippen LogP contribution is 2.21. The summed E-state index contributed by atoms with van der Waals surface area (Å²) in [6.45, 7) is 4.00. The third-order valence-corrected chi connectivity index (χ3v) is 2.43. The van der Waals surface area contributed by atoms with Gasteiger partial charge in [0.1, 0.15) is 12.2 Å². The molecule has 0 radical (unpaired) electrons. The van der Waals surface area contributed by atoms with Crippen LogP contribution in [0.3, 0.4) is 0 Å². The summed E-state index contributed by atoms with van der Waals surface area (Å²) in [6, 6.07) is 0. The van der Waals surface area contributed by atoms with E-state index in [9.17, 15) is 4.21 Å².